The first-order chi connectivity index (χ1) is 13.3. The third kappa shape index (κ3) is 2.72. The van der Waals surface area contributed by atoms with E-state index in [9.17, 15) is 14.4 Å². The number of hydrogen-bond acceptors (Lipinski definition) is 7. The molecule has 0 unspecified atom stereocenters. The largest absolute Gasteiger partial charge is 0.495 e. The number of rotatable bonds is 3. The van der Waals surface area contributed by atoms with E-state index in [1.54, 1.807) is 28.4 Å². The second-order valence-electron chi connectivity index (χ2n) is 7.18. The third-order valence-electron chi connectivity index (χ3n) is 5.16. The molecule has 3 heterocycles. The predicted octanol–water partition coefficient (Wildman–Crippen LogP) is 3.95. The highest BCUT2D eigenvalue weighted by Crippen LogP contribution is 2.54. The molecule has 2 aliphatic heterocycles. The number of methoxy groups -OCH3 is 1. The zero-order valence-electron chi connectivity index (χ0n) is 15.6. The Labute approximate surface area is 174 Å². The Morgan fingerprint density at radius 1 is 1.21 bits per heavy atom. The minimum absolute atomic E-state index is 0.158. The maximum absolute atomic E-state index is 13.4. The van der Waals surface area contributed by atoms with Crippen LogP contribution in [0.25, 0.3) is 11.1 Å². The highest BCUT2D eigenvalue weighted by Gasteiger charge is 2.45. The molecule has 3 amide bonds. The average molecular weight is 435 g/mol. The summed E-state index contributed by atoms with van der Waals surface area (Å²) in [5, 5.41) is 0. The number of carbonyl (C=O) groups excluding carboxylic acids is 3. The van der Waals surface area contributed by atoms with E-state index >= 15 is 0 Å². The molecule has 1 fully saturated rings. The van der Waals surface area contributed by atoms with E-state index < -0.39 is 5.54 Å². The van der Waals surface area contributed by atoms with E-state index in [0.29, 0.717) is 11.4 Å². The number of benzene rings is 1. The standard InChI is InChI=1S/C19H18N2O4S3/c1-19(2)17-15(18(26)28-27-17)10-5-4-6-11(25-3)16(10)21(19)14(24)9-20-12(22)7-8-13(20)23/h4-6H,7-9H2,1-3H3. The predicted molar refractivity (Wildman–Crippen MR) is 111 cm³/mol. The first kappa shape index (κ1) is 19.2. The van der Waals surface area contributed by atoms with Crippen LogP contribution in [0.5, 0.6) is 5.75 Å². The van der Waals surface area contributed by atoms with Crippen molar-refractivity contribution in [3.8, 4) is 16.9 Å². The lowest BCUT2D eigenvalue weighted by Gasteiger charge is -2.43. The van der Waals surface area contributed by atoms with Crippen LogP contribution in [-0.4, -0.2) is 36.3 Å². The van der Waals surface area contributed by atoms with Crippen molar-refractivity contribution >= 4 is 56.3 Å². The van der Waals surface area contributed by atoms with Gasteiger partial charge in [-0.05, 0) is 19.9 Å². The summed E-state index contributed by atoms with van der Waals surface area (Å²) in [6, 6.07) is 5.59. The molecule has 1 saturated heterocycles. The zero-order chi connectivity index (χ0) is 20.2. The molecule has 0 spiro atoms. The second kappa shape index (κ2) is 6.75. The number of nitrogens with zero attached hydrogens (tertiary/aromatic N) is 2. The van der Waals surface area contributed by atoms with Crippen molar-refractivity contribution in [2.24, 2.45) is 0 Å². The molecule has 2 aromatic rings. The third-order valence-corrected chi connectivity index (χ3v) is 8.49. The molecular formula is C19H18N2O4S3. The lowest BCUT2D eigenvalue weighted by molar-refractivity contribution is -0.142. The summed E-state index contributed by atoms with van der Waals surface area (Å²) in [5.74, 6) is -0.385. The number of amides is 3. The molecule has 0 radical (unpaired) electrons. The van der Waals surface area contributed by atoms with Crippen molar-refractivity contribution in [1.82, 2.24) is 4.90 Å². The molecule has 1 aromatic carbocycles. The van der Waals surface area contributed by atoms with Crippen molar-refractivity contribution in [3.63, 3.8) is 0 Å². The van der Waals surface area contributed by atoms with E-state index in [4.69, 9.17) is 17.0 Å². The van der Waals surface area contributed by atoms with Crippen LogP contribution >= 0.6 is 32.9 Å². The number of hydrogen-bond donors (Lipinski definition) is 0. The smallest absolute Gasteiger partial charge is 0.248 e. The normalized spacial score (nSPS) is 17.5. The molecule has 9 heteroatoms. The lowest BCUT2D eigenvalue weighted by atomic mass is 9.87. The minimum Gasteiger partial charge on any atom is -0.495 e. The molecule has 6 nitrogen and oxygen atoms in total. The van der Waals surface area contributed by atoms with Gasteiger partial charge in [0, 0.05) is 24.0 Å². The Morgan fingerprint density at radius 2 is 1.89 bits per heavy atom. The Hall–Kier alpha value is -2.10. The molecule has 0 bridgehead atoms. The summed E-state index contributed by atoms with van der Waals surface area (Å²) in [6.07, 6.45) is 0.316. The Balaban J connectivity index is 1.88. The van der Waals surface area contributed by atoms with Gasteiger partial charge in [0.1, 0.15) is 16.1 Å². The zero-order valence-corrected chi connectivity index (χ0v) is 18.1. The Bertz CT molecular complexity index is 1050. The van der Waals surface area contributed by atoms with Crippen LogP contribution in [0.15, 0.2) is 18.2 Å². The van der Waals surface area contributed by atoms with Crippen LogP contribution in [0.3, 0.4) is 0 Å². The fraction of sp³-hybridized carbons (Fsp3) is 0.368. The van der Waals surface area contributed by atoms with Gasteiger partial charge in [-0.3, -0.25) is 24.2 Å². The van der Waals surface area contributed by atoms with Crippen LogP contribution < -0.4 is 9.64 Å². The quantitative estimate of drug-likeness (QED) is 0.416. The Morgan fingerprint density at radius 3 is 2.54 bits per heavy atom. The summed E-state index contributed by atoms with van der Waals surface area (Å²) in [6.45, 7) is 3.62. The molecule has 2 aliphatic rings. The number of carbonyl (C=O) groups is 3. The molecule has 0 saturated carbocycles. The van der Waals surface area contributed by atoms with Gasteiger partial charge in [0.2, 0.25) is 17.7 Å². The number of anilines is 1. The fourth-order valence-corrected chi connectivity index (χ4v) is 7.12. The van der Waals surface area contributed by atoms with Crippen molar-refractivity contribution in [2.45, 2.75) is 32.2 Å². The number of ether oxygens (including phenoxy) is 1. The van der Waals surface area contributed by atoms with Gasteiger partial charge in [-0.1, -0.05) is 45.0 Å². The molecule has 0 aliphatic carbocycles. The maximum atomic E-state index is 13.4. The average Bonchev–Trinajstić information content (AvgIpc) is 3.19. The van der Waals surface area contributed by atoms with E-state index in [1.807, 2.05) is 26.0 Å². The van der Waals surface area contributed by atoms with Gasteiger partial charge >= 0.3 is 0 Å². The van der Waals surface area contributed by atoms with Gasteiger partial charge in [0.25, 0.3) is 0 Å². The number of para-hydroxylation sites is 1. The van der Waals surface area contributed by atoms with Crippen molar-refractivity contribution < 1.29 is 19.1 Å². The fourth-order valence-electron chi connectivity index (χ4n) is 3.84. The van der Waals surface area contributed by atoms with Crippen LogP contribution in [-0.2, 0) is 19.9 Å². The first-order valence-corrected chi connectivity index (χ1v) is 11.3. The van der Waals surface area contributed by atoms with Gasteiger partial charge in [0.05, 0.1) is 23.2 Å². The SMILES string of the molecule is COc1cccc2c1N(C(=O)CN1C(=O)CCC1=O)C(C)(C)c1ssc(=S)c1-2. The number of fused-ring (bicyclic) bond motifs is 3. The van der Waals surface area contributed by atoms with Crippen LogP contribution in [0.2, 0.25) is 0 Å². The van der Waals surface area contributed by atoms with Crippen LogP contribution in [0.4, 0.5) is 5.69 Å². The summed E-state index contributed by atoms with van der Waals surface area (Å²) in [5.41, 5.74) is 1.73. The highest BCUT2D eigenvalue weighted by molar-refractivity contribution is 7.80. The summed E-state index contributed by atoms with van der Waals surface area (Å²) in [7, 11) is 4.62. The highest BCUT2D eigenvalue weighted by atomic mass is 32.9. The maximum Gasteiger partial charge on any atom is 0.248 e. The van der Waals surface area contributed by atoms with E-state index in [1.165, 1.54) is 10.3 Å². The molecule has 28 heavy (non-hydrogen) atoms. The van der Waals surface area contributed by atoms with Crippen LogP contribution in [0, 0.1) is 3.82 Å². The second-order valence-corrected chi connectivity index (χ2v) is 9.99. The lowest BCUT2D eigenvalue weighted by Crippen LogP contribution is -2.52. The van der Waals surface area contributed by atoms with Crippen molar-refractivity contribution in [2.75, 3.05) is 18.6 Å². The molecule has 0 atom stereocenters. The van der Waals surface area contributed by atoms with Gasteiger partial charge in [-0.15, -0.1) is 0 Å². The molecule has 4 rings (SSSR count). The van der Waals surface area contributed by atoms with E-state index in [-0.39, 0.29) is 37.1 Å². The van der Waals surface area contributed by atoms with Gasteiger partial charge in [0.15, 0.2) is 0 Å². The van der Waals surface area contributed by atoms with Gasteiger partial charge in [-0.25, -0.2) is 0 Å². The first-order valence-electron chi connectivity index (χ1n) is 8.74. The molecule has 146 valence electrons. The summed E-state index contributed by atoms with van der Waals surface area (Å²) >= 11 is 5.57. The van der Waals surface area contributed by atoms with Gasteiger partial charge < -0.3 is 4.74 Å². The summed E-state index contributed by atoms with van der Waals surface area (Å²) < 4.78 is 6.34. The van der Waals surface area contributed by atoms with Crippen LogP contribution in [0.1, 0.15) is 31.6 Å². The monoisotopic (exact) mass is 434 g/mol. The van der Waals surface area contributed by atoms with Gasteiger partial charge in [-0.2, -0.15) is 0 Å². The topological polar surface area (TPSA) is 66.9 Å². The van der Waals surface area contributed by atoms with Crippen molar-refractivity contribution in [3.05, 3.63) is 26.9 Å². The number of imide groups is 1. The Kier molecular flexibility index (Phi) is 4.64. The van der Waals surface area contributed by atoms with Crippen molar-refractivity contribution in [1.29, 1.82) is 0 Å². The number of likely N-dealkylation sites (tertiary alicyclic amines) is 1. The van der Waals surface area contributed by atoms with E-state index in [2.05, 4.69) is 0 Å². The summed E-state index contributed by atoms with van der Waals surface area (Å²) in [4.78, 5) is 41.2. The molecule has 0 N–H and O–H groups in total. The molecular weight excluding hydrogens is 416 g/mol. The van der Waals surface area contributed by atoms with E-state index in [0.717, 1.165) is 24.7 Å². The molecule has 1 aromatic heterocycles. The minimum atomic E-state index is -0.696.